The first kappa shape index (κ1) is 19.2. The van der Waals surface area contributed by atoms with Crippen LogP contribution in [0.25, 0.3) is 0 Å². The lowest BCUT2D eigenvalue weighted by atomic mass is 10.2. The molecule has 2 aromatic carbocycles. The standard InChI is InChI=1S/C19H22N2O5S/c1-14-13-17(26-2)7-8-18(14)27(24,25)21-11-9-20(10-12-21)16-5-3-15(4-6-16)19(22)23/h3-8,13H,9-12H2,1-2H3,(H,22,23)/p-1. The first-order valence-electron chi connectivity index (χ1n) is 8.54. The number of carbonyl (C=O) groups excluding carboxylic acids is 1. The number of anilines is 1. The van der Waals surface area contributed by atoms with Crippen molar-refractivity contribution in [3.63, 3.8) is 0 Å². The van der Waals surface area contributed by atoms with Crippen LogP contribution in [0.4, 0.5) is 5.69 Å². The Balaban J connectivity index is 1.72. The van der Waals surface area contributed by atoms with Crippen LogP contribution in [-0.2, 0) is 10.0 Å². The predicted molar refractivity (Wildman–Crippen MR) is 99.5 cm³/mol. The maximum atomic E-state index is 13.0. The number of nitrogens with zero attached hydrogens (tertiary/aromatic N) is 2. The number of hydrogen-bond acceptors (Lipinski definition) is 6. The zero-order chi connectivity index (χ0) is 19.6. The Labute approximate surface area is 158 Å². The lowest BCUT2D eigenvalue weighted by molar-refractivity contribution is -0.255. The second-order valence-electron chi connectivity index (χ2n) is 6.36. The molecule has 0 saturated carbocycles. The maximum absolute atomic E-state index is 13.0. The lowest BCUT2D eigenvalue weighted by Crippen LogP contribution is -2.48. The van der Waals surface area contributed by atoms with Gasteiger partial charge in [0, 0.05) is 31.9 Å². The summed E-state index contributed by atoms with van der Waals surface area (Å²) in [4.78, 5) is 13.2. The van der Waals surface area contributed by atoms with Crippen molar-refractivity contribution in [2.24, 2.45) is 0 Å². The molecule has 0 aromatic heterocycles. The van der Waals surface area contributed by atoms with Gasteiger partial charge in [0.1, 0.15) is 5.75 Å². The van der Waals surface area contributed by atoms with E-state index in [1.54, 1.807) is 44.4 Å². The number of piperazine rings is 1. The largest absolute Gasteiger partial charge is 0.545 e. The molecule has 1 saturated heterocycles. The summed E-state index contributed by atoms with van der Waals surface area (Å²) in [6.07, 6.45) is 0. The van der Waals surface area contributed by atoms with Gasteiger partial charge < -0.3 is 19.5 Å². The van der Waals surface area contributed by atoms with Gasteiger partial charge in [0.2, 0.25) is 10.0 Å². The van der Waals surface area contributed by atoms with Crippen LogP contribution in [0.1, 0.15) is 15.9 Å². The fourth-order valence-electron chi connectivity index (χ4n) is 3.17. The molecule has 8 heteroatoms. The molecule has 1 aliphatic rings. The Morgan fingerprint density at radius 3 is 2.19 bits per heavy atom. The van der Waals surface area contributed by atoms with E-state index in [9.17, 15) is 18.3 Å². The zero-order valence-corrected chi connectivity index (χ0v) is 16.0. The van der Waals surface area contributed by atoms with Gasteiger partial charge in [-0.15, -0.1) is 0 Å². The van der Waals surface area contributed by atoms with E-state index in [2.05, 4.69) is 0 Å². The second kappa shape index (κ2) is 7.58. The SMILES string of the molecule is COc1ccc(S(=O)(=O)N2CCN(c3ccc(C(=O)[O-])cc3)CC2)c(C)c1. The average Bonchev–Trinajstić information content (AvgIpc) is 2.67. The van der Waals surface area contributed by atoms with Gasteiger partial charge in [0.15, 0.2) is 0 Å². The Hall–Kier alpha value is -2.58. The van der Waals surface area contributed by atoms with Crippen molar-refractivity contribution in [2.45, 2.75) is 11.8 Å². The van der Waals surface area contributed by atoms with Crippen LogP contribution in [0.5, 0.6) is 5.75 Å². The number of methoxy groups -OCH3 is 1. The highest BCUT2D eigenvalue weighted by Crippen LogP contribution is 2.26. The summed E-state index contributed by atoms with van der Waals surface area (Å²) in [5.74, 6) is -0.594. The normalized spacial score (nSPS) is 15.6. The number of sulfonamides is 1. The molecule has 7 nitrogen and oxygen atoms in total. The highest BCUT2D eigenvalue weighted by Gasteiger charge is 2.29. The van der Waals surface area contributed by atoms with Gasteiger partial charge in [-0.3, -0.25) is 0 Å². The van der Waals surface area contributed by atoms with Gasteiger partial charge in [-0.1, -0.05) is 12.1 Å². The van der Waals surface area contributed by atoms with Gasteiger partial charge >= 0.3 is 0 Å². The number of rotatable bonds is 5. The number of ether oxygens (including phenoxy) is 1. The van der Waals surface area contributed by atoms with Crippen LogP contribution in [0.3, 0.4) is 0 Å². The van der Waals surface area contributed by atoms with Gasteiger partial charge in [-0.05, 0) is 48.4 Å². The van der Waals surface area contributed by atoms with Crippen LogP contribution in [0.2, 0.25) is 0 Å². The fourth-order valence-corrected chi connectivity index (χ4v) is 4.80. The minimum atomic E-state index is -3.58. The minimum Gasteiger partial charge on any atom is -0.545 e. The summed E-state index contributed by atoms with van der Waals surface area (Å²) < 4.78 is 32.5. The van der Waals surface area contributed by atoms with Gasteiger partial charge in [0.25, 0.3) is 0 Å². The number of benzene rings is 2. The number of aromatic carboxylic acids is 1. The Kier molecular flexibility index (Phi) is 5.38. The van der Waals surface area contributed by atoms with Gasteiger partial charge in [-0.2, -0.15) is 4.31 Å². The third kappa shape index (κ3) is 3.91. The van der Waals surface area contributed by atoms with Crippen LogP contribution >= 0.6 is 0 Å². The molecule has 3 rings (SSSR count). The van der Waals surface area contributed by atoms with Crippen LogP contribution in [0, 0.1) is 6.92 Å². The molecule has 0 spiro atoms. The van der Waals surface area contributed by atoms with E-state index in [0.717, 1.165) is 5.69 Å². The van der Waals surface area contributed by atoms with E-state index < -0.39 is 16.0 Å². The van der Waals surface area contributed by atoms with E-state index >= 15 is 0 Å². The van der Waals surface area contributed by atoms with E-state index in [0.29, 0.717) is 37.5 Å². The van der Waals surface area contributed by atoms with Gasteiger partial charge in [-0.25, -0.2) is 8.42 Å². The van der Waals surface area contributed by atoms with E-state index in [4.69, 9.17) is 4.74 Å². The third-order valence-electron chi connectivity index (χ3n) is 4.71. The summed E-state index contributed by atoms with van der Waals surface area (Å²) >= 11 is 0. The summed E-state index contributed by atoms with van der Waals surface area (Å²) in [5, 5.41) is 10.8. The molecule has 1 heterocycles. The lowest BCUT2D eigenvalue weighted by Gasteiger charge is -2.35. The molecule has 0 unspecified atom stereocenters. The molecular formula is C19H21N2O5S-. The van der Waals surface area contributed by atoms with E-state index in [-0.39, 0.29) is 10.5 Å². The smallest absolute Gasteiger partial charge is 0.243 e. The maximum Gasteiger partial charge on any atom is 0.243 e. The summed E-state index contributed by atoms with van der Waals surface area (Å²) in [5.41, 5.74) is 1.63. The van der Waals surface area contributed by atoms with Crippen LogP contribution in [-0.4, -0.2) is 52.0 Å². The van der Waals surface area contributed by atoms with E-state index in [1.165, 1.54) is 16.4 Å². The third-order valence-corrected chi connectivity index (χ3v) is 6.77. The molecule has 2 aromatic rings. The van der Waals surface area contributed by atoms with E-state index in [1.807, 2.05) is 4.90 Å². The van der Waals surface area contributed by atoms with Crippen molar-refractivity contribution in [1.82, 2.24) is 4.31 Å². The van der Waals surface area contributed by atoms with Crippen LogP contribution < -0.4 is 14.7 Å². The van der Waals surface area contributed by atoms with Crippen molar-refractivity contribution >= 4 is 21.7 Å². The average molecular weight is 389 g/mol. The molecule has 0 atom stereocenters. The molecule has 0 amide bonds. The molecule has 0 N–H and O–H groups in total. The number of carboxylic acid groups (broad SMARTS) is 1. The second-order valence-corrected chi connectivity index (χ2v) is 8.26. The minimum absolute atomic E-state index is 0.120. The predicted octanol–water partition coefficient (Wildman–Crippen LogP) is 0.878. The highest BCUT2D eigenvalue weighted by atomic mass is 32.2. The fraction of sp³-hybridized carbons (Fsp3) is 0.316. The Bertz CT molecular complexity index is 933. The highest BCUT2D eigenvalue weighted by molar-refractivity contribution is 7.89. The first-order chi connectivity index (χ1) is 12.8. The molecule has 27 heavy (non-hydrogen) atoms. The first-order valence-corrected chi connectivity index (χ1v) is 9.98. The van der Waals surface area contributed by atoms with Crippen molar-refractivity contribution in [3.8, 4) is 5.75 Å². The quantitative estimate of drug-likeness (QED) is 0.754. The number of carboxylic acids is 1. The molecule has 1 fully saturated rings. The van der Waals surface area contributed by atoms with Crippen molar-refractivity contribution in [3.05, 3.63) is 53.6 Å². The zero-order valence-electron chi connectivity index (χ0n) is 15.2. The summed E-state index contributed by atoms with van der Waals surface area (Å²) in [7, 11) is -2.03. The number of hydrogen-bond donors (Lipinski definition) is 0. The Morgan fingerprint density at radius 1 is 1.04 bits per heavy atom. The molecule has 0 radical (unpaired) electrons. The molecular weight excluding hydrogens is 368 g/mol. The molecule has 144 valence electrons. The topological polar surface area (TPSA) is 90.0 Å². The monoisotopic (exact) mass is 389 g/mol. The number of aryl methyl sites for hydroxylation is 1. The van der Waals surface area contributed by atoms with Crippen molar-refractivity contribution in [1.29, 1.82) is 0 Å². The van der Waals surface area contributed by atoms with Crippen molar-refractivity contribution in [2.75, 3.05) is 38.2 Å². The summed E-state index contributed by atoms with van der Waals surface area (Å²) in [6, 6.07) is 11.3. The van der Waals surface area contributed by atoms with Gasteiger partial charge in [0.05, 0.1) is 18.0 Å². The summed E-state index contributed by atoms with van der Waals surface area (Å²) in [6.45, 7) is 3.52. The van der Waals surface area contributed by atoms with Crippen LogP contribution in [0.15, 0.2) is 47.4 Å². The van der Waals surface area contributed by atoms with Crippen molar-refractivity contribution < 1.29 is 23.1 Å². The molecule has 0 bridgehead atoms. The molecule has 0 aliphatic carbocycles. The Morgan fingerprint density at radius 2 is 1.67 bits per heavy atom. The number of carbonyl (C=O) groups is 1. The molecule has 1 aliphatic heterocycles.